The molecule has 0 saturated carbocycles. The zero-order valence-corrected chi connectivity index (χ0v) is 9.56. The molecule has 1 nitrogen and oxygen atoms in total. The van der Waals surface area contributed by atoms with Gasteiger partial charge in [-0.25, -0.2) is 0 Å². The van der Waals surface area contributed by atoms with E-state index in [-0.39, 0.29) is 12.4 Å². The lowest BCUT2D eigenvalue weighted by Gasteiger charge is -2.23. The van der Waals surface area contributed by atoms with Crippen molar-refractivity contribution in [2.24, 2.45) is 11.8 Å². The third-order valence-corrected chi connectivity index (χ3v) is 3.17. The molecular weight excluding hydrogens is 170 g/mol. The molecule has 0 amide bonds. The van der Waals surface area contributed by atoms with Gasteiger partial charge in [-0.15, -0.1) is 0 Å². The Morgan fingerprint density at radius 3 is 1.58 bits per heavy atom. The van der Waals surface area contributed by atoms with Crippen molar-refractivity contribution in [2.45, 2.75) is 26.7 Å². The first-order chi connectivity index (χ1) is 5.09. The summed E-state index contributed by atoms with van der Waals surface area (Å²) >= 11 is 0. The maximum Gasteiger partial charge on any atom is 0.0815 e. The van der Waals surface area contributed by atoms with Gasteiger partial charge in [-0.3, -0.25) is 0 Å². The van der Waals surface area contributed by atoms with Gasteiger partial charge in [-0.2, -0.15) is 0 Å². The van der Waals surface area contributed by atoms with E-state index >= 15 is 0 Å². The predicted octanol–water partition coefficient (Wildman–Crippen LogP) is -0.867. The first-order valence-electron chi connectivity index (χ1n) is 4.91. The number of likely N-dealkylation sites (tertiary alicyclic amines) is 1. The zero-order chi connectivity index (χ0) is 8.48. The number of quaternary nitrogens is 1. The van der Waals surface area contributed by atoms with Gasteiger partial charge < -0.3 is 16.9 Å². The molecule has 1 aliphatic rings. The first kappa shape index (κ1) is 12.2. The molecule has 0 aliphatic carbocycles. The van der Waals surface area contributed by atoms with E-state index < -0.39 is 0 Å². The summed E-state index contributed by atoms with van der Waals surface area (Å²) < 4.78 is 1.25. The highest BCUT2D eigenvalue weighted by Crippen LogP contribution is 2.30. The molecule has 0 aromatic heterocycles. The number of halogens is 1. The summed E-state index contributed by atoms with van der Waals surface area (Å²) in [4.78, 5) is 0. The van der Waals surface area contributed by atoms with E-state index in [9.17, 15) is 0 Å². The smallest absolute Gasteiger partial charge is 0.0815 e. The summed E-state index contributed by atoms with van der Waals surface area (Å²) in [6, 6.07) is 0. The minimum atomic E-state index is 0. The van der Waals surface area contributed by atoms with Crippen molar-refractivity contribution in [3.8, 4) is 0 Å². The van der Waals surface area contributed by atoms with Crippen LogP contribution in [0.4, 0.5) is 0 Å². The van der Waals surface area contributed by atoms with Gasteiger partial charge in [0, 0.05) is 11.8 Å². The second kappa shape index (κ2) is 4.48. The van der Waals surface area contributed by atoms with Crippen LogP contribution in [0.1, 0.15) is 26.7 Å². The van der Waals surface area contributed by atoms with Crippen molar-refractivity contribution in [2.75, 3.05) is 27.2 Å². The Kier molecular flexibility index (Phi) is 4.57. The van der Waals surface area contributed by atoms with Crippen LogP contribution in [0, 0.1) is 11.8 Å². The molecule has 2 heteroatoms. The summed E-state index contributed by atoms with van der Waals surface area (Å²) in [6.07, 6.45) is 2.75. The summed E-state index contributed by atoms with van der Waals surface area (Å²) in [5, 5.41) is 0. The number of rotatable bonds is 2. The monoisotopic (exact) mass is 191 g/mol. The topological polar surface area (TPSA) is 0 Å². The molecule has 1 fully saturated rings. The molecule has 0 bridgehead atoms. The molecular formula is C10H22ClN. The molecule has 0 aromatic carbocycles. The van der Waals surface area contributed by atoms with E-state index in [1.807, 2.05) is 0 Å². The van der Waals surface area contributed by atoms with E-state index in [2.05, 4.69) is 27.9 Å². The fourth-order valence-corrected chi connectivity index (χ4v) is 2.57. The highest BCUT2D eigenvalue weighted by atomic mass is 35.5. The second-order valence-electron chi connectivity index (χ2n) is 4.64. The van der Waals surface area contributed by atoms with Crippen LogP contribution in [0.15, 0.2) is 0 Å². The SMILES string of the molecule is CCC1C[N+](C)(C)CC1CC.[Cl-]. The van der Waals surface area contributed by atoms with Gasteiger partial charge in [0.25, 0.3) is 0 Å². The standard InChI is InChI=1S/C10H22N.ClH/c1-5-9-7-11(3,4)8-10(9)6-2;/h9-10H,5-8H2,1-4H3;1H/q+1;/p-1. The molecule has 1 rings (SSSR count). The Morgan fingerprint density at radius 1 is 1.00 bits per heavy atom. The molecule has 1 heterocycles. The molecule has 12 heavy (non-hydrogen) atoms. The zero-order valence-electron chi connectivity index (χ0n) is 8.81. The lowest BCUT2D eigenvalue weighted by Crippen LogP contribution is -3.00. The largest absolute Gasteiger partial charge is 1.00 e. The molecule has 2 atom stereocenters. The molecule has 1 saturated heterocycles. The van der Waals surface area contributed by atoms with Gasteiger partial charge in [-0.05, 0) is 12.8 Å². The van der Waals surface area contributed by atoms with E-state index in [0.29, 0.717) is 0 Å². The van der Waals surface area contributed by atoms with Crippen LogP contribution < -0.4 is 12.4 Å². The number of hydrogen-bond donors (Lipinski definition) is 0. The van der Waals surface area contributed by atoms with Gasteiger partial charge in [0.05, 0.1) is 27.2 Å². The van der Waals surface area contributed by atoms with E-state index in [1.165, 1.54) is 30.4 Å². The van der Waals surface area contributed by atoms with Crippen molar-refractivity contribution in [3.05, 3.63) is 0 Å². The van der Waals surface area contributed by atoms with Crippen molar-refractivity contribution >= 4 is 0 Å². The second-order valence-corrected chi connectivity index (χ2v) is 4.64. The number of hydrogen-bond acceptors (Lipinski definition) is 0. The Hall–Kier alpha value is 0.250. The fraction of sp³-hybridized carbons (Fsp3) is 1.00. The van der Waals surface area contributed by atoms with Gasteiger partial charge in [0.15, 0.2) is 0 Å². The summed E-state index contributed by atoms with van der Waals surface area (Å²) in [6.45, 7) is 7.46. The quantitative estimate of drug-likeness (QED) is 0.499. The summed E-state index contributed by atoms with van der Waals surface area (Å²) in [5.41, 5.74) is 0. The van der Waals surface area contributed by atoms with Gasteiger partial charge in [0.1, 0.15) is 0 Å². The maximum atomic E-state index is 2.36. The van der Waals surface area contributed by atoms with Crippen LogP contribution in [0.2, 0.25) is 0 Å². The first-order valence-corrected chi connectivity index (χ1v) is 4.91. The molecule has 0 radical (unpaired) electrons. The lowest BCUT2D eigenvalue weighted by atomic mass is 9.92. The third-order valence-electron chi connectivity index (χ3n) is 3.17. The van der Waals surface area contributed by atoms with Crippen LogP contribution in [0.3, 0.4) is 0 Å². The molecule has 0 aromatic rings. The van der Waals surface area contributed by atoms with Crippen LogP contribution in [0.25, 0.3) is 0 Å². The fourth-order valence-electron chi connectivity index (χ4n) is 2.57. The Morgan fingerprint density at radius 2 is 1.33 bits per heavy atom. The molecule has 1 aliphatic heterocycles. The van der Waals surface area contributed by atoms with Gasteiger partial charge in [-0.1, -0.05) is 13.8 Å². The average molecular weight is 192 g/mol. The minimum Gasteiger partial charge on any atom is -1.00 e. The van der Waals surface area contributed by atoms with Crippen LogP contribution in [-0.4, -0.2) is 31.7 Å². The molecule has 0 N–H and O–H groups in total. The van der Waals surface area contributed by atoms with Gasteiger partial charge in [0.2, 0.25) is 0 Å². The van der Waals surface area contributed by atoms with Crippen LogP contribution >= 0.6 is 0 Å². The predicted molar refractivity (Wildman–Crippen MR) is 49.4 cm³/mol. The minimum absolute atomic E-state index is 0. The Bertz CT molecular complexity index is 120. The van der Waals surface area contributed by atoms with Crippen LogP contribution in [0.5, 0.6) is 0 Å². The number of nitrogens with zero attached hydrogens (tertiary/aromatic N) is 1. The van der Waals surface area contributed by atoms with Crippen molar-refractivity contribution < 1.29 is 16.9 Å². The summed E-state index contributed by atoms with van der Waals surface area (Å²) in [7, 11) is 4.72. The molecule has 74 valence electrons. The van der Waals surface area contributed by atoms with E-state index in [1.54, 1.807) is 0 Å². The third kappa shape index (κ3) is 2.63. The average Bonchev–Trinajstić information content (AvgIpc) is 2.25. The Balaban J connectivity index is 0.00000121. The summed E-state index contributed by atoms with van der Waals surface area (Å²) in [5.74, 6) is 1.99. The van der Waals surface area contributed by atoms with Crippen molar-refractivity contribution in [3.63, 3.8) is 0 Å². The van der Waals surface area contributed by atoms with Gasteiger partial charge >= 0.3 is 0 Å². The maximum absolute atomic E-state index is 2.36. The highest BCUT2D eigenvalue weighted by Gasteiger charge is 2.37. The van der Waals surface area contributed by atoms with E-state index in [4.69, 9.17) is 0 Å². The van der Waals surface area contributed by atoms with Crippen molar-refractivity contribution in [1.82, 2.24) is 0 Å². The van der Waals surface area contributed by atoms with Crippen molar-refractivity contribution in [1.29, 1.82) is 0 Å². The van der Waals surface area contributed by atoms with Crippen LogP contribution in [-0.2, 0) is 0 Å². The molecule has 2 unspecified atom stereocenters. The lowest BCUT2D eigenvalue weighted by molar-refractivity contribution is -0.880. The molecule has 0 spiro atoms. The Labute approximate surface area is 83.1 Å². The highest BCUT2D eigenvalue weighted by molar-refractivity contribution is 4.73. The normalized spacial score (nSPS) is 33.0. The van der Waals surface area contributed by atoms with E-state index in [0.717, 1.165) is 11.8 Å².